The Balaban J connectivity index is 1.69. The molecule has 2 heterocycles. The number of carbonyl (C=O) groups is 1. The minimum atomic E-state index is -0.0155. The predicted octanol–water partition coefficient (Wildman–Crippen LogP) is 3.25. The van der Waals surface area contributed by atoms with Crippen LogP contribution in [0.15, 0.2) is 18.2 Å². The van der Waals surface area contributed by atoms with Gasteiger partial charge >= 0.3 is 6.03 Å². The van der Waals surface area contributed by atoms with Crippen molar-refractivity contribution < 1.29 is 14.3 Å². The molecule has 3 rings (SSSR count). The zero-order valence-electron chi connectivity index (χ0n) is 12.4. The molecule has 1 aromatic rings. The highest BCUT2D eigenvalue weighted by Gasteiger charge is 2.25. The molecule has 114 valence electrons. The van der Waals surface area contributed by atoms with Gasteiger partial charge in [0.05, 0.1) is 0 Å². The van der Waals surface area contributed by atoms with Crippen LogP contribution in [0, 0.1) is 0 Å². The van der Waals surface area contributed by atoms with Gasteiger partial charge in [-0.3, -0.25) is 0 Å². The van der Waals surface area contributed by atoms with Gasteiger partial charge in [-0.05, 0) is 37.8 Å². The minimum absolute atomic E-state index is 0.0155. The van der Waals surface area contributed by atoms with Gasteiger partial charge in [0.1, 0.15) is 13.2 Å². The van der Waals surface area contributed by atoms with Crippen molar-refractivity contribution in [1.29, 1.82) is 0 Å². The van der Waals surface area contributed by atoms with E-state index in [-0.39, 0.29) is 6.03 Å². The molecule has 2 amide bonds. The van der Waals surface area contributed by atoms with Crippen molar-refractivity contribution in [2.45, 2.75) is 38.6 Å². The summed E-state index contributed by atoms with van der Waals surface area (Å²) in [5.74, 6) is 1.44. The number of benzene rings is 1. The lowest BCUT2D eigenvalue weighted by atomic mass is 10.0. The number of fused-ring (bicyclic) bond motifs is 1. The Bertz CT molecular complexity index is 518. The van der Waals surface area contributed by atoms with E-state index < -0.39 is 0 Å². The van der Waals surface area contributed by atoms with Gasteiger partial charge in [-0.2, -0.15) is 0 Å². The fraction of sp³-hybridized carbons (Fsp3) is 0.562. The van der Waals surface area contributed by atoms with Crippen molar-refractivity contribution in [3.63, 3.8) is 0 Å². The van der Waals surface area contributed by atoms with E-state index in [0.717, 1.165) is 37.2 Å². The molecule has 1 atom stereocenters. The number of carbonyl (C=O) groups excluding carboxylic acids is 1. The molecule has 5 nitrogen and oxygen atoms in total. The van der Waals surface area contributed by atoms with Gasteiger partial charge in [0, 0.05) is 24.3 Å². The Hall–Kier alpha value is -1.91. The molecule has 2 aliphatic rings. The van der Waals surface area contributed by atoms with Crippen molar-refractivity contribution >= 4 is 11.7 Å². The summed E-state index contributed by atoms with van der Waals surface area (Å²) in [6.45, 7) is 4.11. The van der Waals surface area contributed by atoms with E-state index in [1.807, 2.05) is 23.1 Å². The molecule has 0 saturated carbocycles. The highest BCUT2D eigenvalue weighted by molar-refractivity contribution is 5.90. The minimum Gasteiger partial charge on any atom is -0.486 e. The normalized spacial score (nSPS) is 21.0. The second-order valence-electron chi connectivity index (χ2n) is 5.54. The SMILES string of the molecule is CCC1CCCCN1C(=O)Nc1ccc2c(c1)OCCO2. The van der Waals surface area contributed by atoms with Gasteiger partial charge in [0.2, 0.25) is 0 Å². The fourth-order valence-electron chi connectivity index (χ4n) is 3.01. The number of piperidine rings is 1. The van der Waals surface area contributed by atoms with E-state index in [1.54, 1.807) is 0 Å². The molecular formula is C16H22N2O3. The number of nitrogens with one attached hydrogen (secondary N) is 1. The number of rotatable bonds is 2. The van der Waals surface area contributed by atoms with E-state index in [0.29, 0.717) is 25.0 Å². The Kier molecular flexibility index (Phi) is 4.18. The van der Waals surface area contributed by atoms with Gasteiger partial charge in [0.15, 0.2) is 11.5 Å². The molecule has 2 aliphatic heterocycles. The molecular weight excluding hydrogens is 268 g/mol. The number of hydrogen-bond donors (Lipinski definition) is 1. The monoisotopic (exact) mass is 290 g/mol. The van der Waals surface area contributed by atoms with Crippen molar-refractivity contribution in [2.75, 3.05) is 25.1 Å². The third-order valence-corrected chi connectivity index (χ3v) is 4.15. The van der Waals surface area contributed by atoms with Crippen molar-refractivity contribution in [2.24, 2.45) is 0 Å². The van der Waals surface area contributed by atoms with Gasteiger partial charge in [-0.15, -0.1) is 0 Å². The van der Waals surface area contributed by atoms with Crippen LogP contribution in [0.5, 0.6) is 11.5 Å². The van der Waals surface area contributed by atoms with E-state index in [1.165, 1.54) is 6.42 Å². The average Bonchev–Trinajstić information content (AvgIpc) is 2.54. The maximum Gasteiger partial charge on any atom is 0.322 e. The van der Waals surface area contributed by atoms with Crippen LogP contribution in [0.25, 0.3) is 0 Å². The Morgan fingerprint density at radius 2 is 2.10 bits per heavy atom. The Morgan fingerprint density at radius 1 is 1.29 bits per heavy atom. The predicted molar refractivity (Wildman–Crippen MR) is 81.1 cm³/mol. The first-order valence-corrected chi connectivity index (χ1v) is 7.75. The topological polar surface area (TPSA) is 50.8 Å². The van der Waals surface area contributed by atoms with Crippen LogP contribution < -0.4 is 14.8 Å². The zero-order chi connectivity index (χ0) is 14.7. The van der Waals surface area contributed by atoms with E-state index in [4.69, 9.17) is 9.47 Å². The molecule has 1 fully saturated rings. The highest BCUT2D eigenvalue weighted by Crippen LogP contribution is 2.32. The number of likely N-dealkylation sites (tertiary alicyclic amines) is 1. The van der Waals surface area contributed by atoms with Crippen LogP contribution in [0.4, 0.5) is 10.5 Å². The quantitative estimate of drug-likeness (QED) is 0.909. The Labute approximate surface area is 125 Å². The lowest BCUT2D eigenvalue weighted by molar-refractivity contribution is 0.160. The average molecular weight is 290 g/mol. The van der Waals surface area contributed by atoms with Gasteiger partial charge in [-0.25, -0.2) is 4.79 Å². The molecule has 1 aromatic carbocycles. The number of hydrogen-bond acceptors (Lipinski definition) is 3. The molecule has 1 unspecified atom stereocenters. The number of nitrogens with zero attached hydrogens (tertiary/aromatic N) is 1. The largest absolute Gasteiger partial charge is 0.486 e. The molecule has 0 radical (unpaired) electrons. The van der Waals surface area contributed by atoms with Crippen molar-refractivity contribution in [3.05, 3.63) is 18.2 Å². The maximum absolute atomic E-state index is 12.4. The van der Waals surface area contributed by atoms with Crippen molar-refractivity contribution in [1.82, 2.24) is 4.90 Å². The van der Waals surface area contributed by atoms with E-state index >= 15 is 0 Å². The number of anilines is 1. The summed E-state index contributed by atoms with van der Waals surface area (Å²) in [5, 5.41) is 2.98. The number of amides is 2. The number of urea groups is 1. The second kappa shape index (κ2) is 6.24. The first-order chi connectivity index (χ1) is 10.3. The highest BCUT2D eigenvalue weighted by atomic mass is 16.6. The van der Waals surface area contributed by atoms with Crippen LogP contribution in [-0.2, 0) is 0 Å². The lowest BCUT2D eigenvalue weighted by Gasteiger charge is -2.35. The lowest BCUT2D eigenvalue weighted by Crippen LogP contribution is -2.45. The standard InChI is InChI=1S/C16H22N2O3/c1-2-13-5-3-4-8-18(13)16(19)17-12-6-7-14-15(11-12)21-10-9-20-14/h6-7,11,13H,2-5,8-10H2,1H3,(H,17,19). The summed E-state index contributed by atoms with van der Waals surface area (Å²) in [4.78, 5) is 14.4. The molecule has 1 N–H and O–H groups in total. The molecule has 1 saturated heterocycles. The fourth-order valence-corrected chi connectivity index (χ4v) is 3.01. The first-order valence-electron chi connectivity index (χ1n) is 7.75. The smallest absolute Gasteiger partial charge is 0.322 e. The summed E-state index contributed by atoms with van der Waals surface area (Å²) in [6.07, 6.45) is 4.41. The van der Waals surface area contributed by atoms with Crippen LogP contribution in [-0.4, -0.2) is 36.7 Å². The van der Waals surface area contributed by atoms with Gasteiger partial charge < -0.3 is 19.7 Å². The summed E-state index contributed by atoms with van der Waals surface area (Å²) < 4.78 is 11.0. The van der Waals surface area contributed by atoms with Crippen LogP contribution in [0.2, 0.25) is 0 Å². The van der Waals surface area contributed by atoms with Crippen LogP contribution in [0.1, 0.15) is 32.6 Å². The maximum atomic E-state index is 12.4. The summed E-state index contributed by atoms with van der Waals surface area (Å²) in [5.41, 5.74) is 0.754. The summed E-state index contributed by atoms with van der Waals surface area (Å²) in [6, 6.07) is 5.87. The third kappa shape index (κ3) is 3.06. The zero-order valence-corrected chi connectivity index (χ0v) is 12.4. The molecule has 21 heavy (non-hydrogen) atoms. The van der Waals surface area contributed by atoms with Crippen molar-refractivity contribution in [3.8, 4) is 11.5 Å². The molecule has 0 bridgehead atoms. The van der Waals surface area contributed by atoms with E-state index in [9.17, 15) is 4.79 Å². The molecule has 0 aromatic heterocycles. The van der Waals surface area contributed by atoms with Gasteiger partial charge in [-0.1, -0.05) is 6.92 Å². The van der Waals surface area contributed by atoms with Gasteiger partial charge in [0.25, 0.3) is 0 Å². The Morgan fingerprint density at radius 3 is 2.90 bits per heavy atom. The molecule has 5 heteroatoms. The van der Waals surface area contributed by atoms with Crippen LogP contribution >= 0.6 is 0 Å². The van der Waals surface area contributed by atoms with E-state index in [2.05, 4.69) is 12.2 Å². The second-order valence-corrected chi connectivity index (χ2v) is 5.54. The first kappa shape index (κ1) is 14.0. The molecule has 0 spiro atoms. The number of ether oxygens (including phenoxy) is 2. The van der Waals surface area contributed by atoms with Crippen LogP contribution in [0.3, 0.4) is 0 Å². The summed E-state index contributed by atoms with van der Waals surface area (Å²) in [7, 11) is 0. The third-order valence-electron chi connectivity index (χ3n) is 4.15. The summed E-state index contributed by atoms with van der Waals surface area (Å²) >= 11 is 0. The molecule has 0 aliphatic carbocycles.